The van der Waals surface area contributed by atoms with Crippen molar-refractivity contribution in [1.82, 2.24) is 24.6 Å². The molecule has 134 valence electrons. The van der Waals surface area contributed by atoms with Gasteiger partial charge in [0.25, 0.3) is 5.91 Å². The van der Waals surface area contributed by atoms with E-state index in [4.69, 9.17) is 0 Å². The Bertz CT molecular complexity index is 1150. The lowest BCUT2D eigenvalue weighted by Gasteiger charge is -2.27. The molecule has 0 atom stereocenters. The number of carbonyl (C=O) groups excluding carboxylic acids is 1. The molecule has 0 fully saturated rings. The molecule has 1 aliphatic rings. The maximum absolute atomic E-state index is 13.7. The van der Waals surface area contributed by atoms with Crippen LogP contribution in [0.3, 0.4) is 0 Å². The number of fused-ring (bicyclic) bond motifs is 3. The minimum atomic E-state index is -0.269. The average molecular weight is 361 g/mol. The largest absolute Gasteiger partial charge is 0.358 e. The number of amides is 1. The fraction of sp³-hybridized carbons (Fsp3) is 0.150. The maximum atomic E-state index is 13.7. The lowest BCUT2D eigenvalue weighted by molar-refractivity contribution is 0.0735. The number of aromatic amines is 1. The van der Waals surface area contributed by atoms with Gasteiger partial charge in [0.1, 0.15) is 18.5 Å². The first-order valence-electron chi connectivity index (χ1n) is 8.72. The van der Waals surface area contributed by atoms with Gasteiger partial charge in [-0.2, -0.15) is 0 Å². The van der Waals surface area contributed by atoms with Crippen LogP contribution in [-0.4, -0.2) is 37.1 Å². The van der Waals surface area contributed by atoms with Crippen LogP contribution < -0.4 is 0 Å². The summed E-state index contributed by atoms with van der Waals surface area (Å²) in [6.07, 6.45) is 3.91. The maximum Gasteiger partial charge on any atom is 0.254 e. The minimum Gasteiger partial charge on any atom is -0.358 e. The minimum absolute atomic E-state index is 0.0404. The number of hydrogen-bond donors (Lipinski definition) is 1. The third kappa shape index (κ3) is 2.68. The standard InChI is InChI=1S/C20H16FN5O/c21-14-4-5-18-16(9-14)17-10-25(7-6-19(17)24-18)20(27)13-2-1-3-15(8-13)26-11-22-23-12-26/h1-5,8-9,11-12,24H,6-7,10H2. The van der Waals surface area contributed by atoms with Gasteiger partial charge in [0, 0.05) is 52.9 Å². The van der Waals surface area contributed by atoms with Crippen LogP contribution in [0.1, 0.15) is 21.6 Å². The molecule has 0 aliphatic carbocycles. The van der Waals surface area contributed by atoms with Gasteiger partial charge in [-0.05, 0) is 36.4 Å². The quantitative estimate of drug-likeness (QED) is 0.597. The van der Waals surface area contributed by atoms with E-state index in [-0.39, 0.29) is 11.7 Å². The molecule has 5 rings (SSSR count). The summed E-state index contributed by atoms with van der Waals surface area (Å²) < 4.78 is 15.4. The molecule has 0 saturated heterocycles. The van der Waals surface area contributed by atoms with Gasteiger partial charge in [-0.25, -0.2) is 4.39 Å². The topological polar surface area (TPSA) is 66.8 Å². The molecule has 1 amide bonds. The summed E-state index contributed by atoms with van der Waals surface area (Å²) >= 11 is 0. The van der Waals surface area contributed by atoms with Gasteiger partial charge in [-0.15, -0.1) is 10.2 Å². The van der Waals surface area contributed by atoms with Gasteiger partial charge in [0.15, 0.2) is 0 Å². The summed E-state index contributed by atoms with van der Waals surface area (Å²) in [6, 6.07) is 12.1. The first-order chi connectivity index (χ1) is 13.2. The van der Waals surface area contributed by atoms with Gasteiger partial charge < -0.3 is 9.88 Å². The van der Waals surface area contributed by atoms with Crippen LogP contribution in [0.5, 0.6) is 0 Å². The molecule has 2 aromatic carbocycles. The molecule has 7 heteroatoms. The normalized spacial score (nSPS) is 13.7. The van der Waals surface area contributed by atoms with E-state index in [1.54, 1.807) is 29.4 Å². The van der Waals surface area contributed by atoms with Crippen molar-refractivity contribution in [2.45, 2.75) is 13.0 Å². The van der Waals surface area contributed by atoms with Crippen molar-refractivity contribution < 1.29 is 9.18 Å². The van der Waals surface area contributed by atoms with Crippen LogP contribution in [0.4, 0.5) is 4.39 Å². The van der Waals surface area contributed by atoms with Gasteiger partial charge >= 0.3 is 0 Å². The Morgan fingerprint density at radius 2 is 1.96 bits per heavy atom. The number of carbonyl (C=O) groups is 1. The monoisotopic (exact) mass is 361 g/mol. The van der Waals surface area contributed by atoms with E-state index in [0.29, 0.717) is 18.7 Å². The van der Waals surface area contributed by atoms with Crippen LogP contribution in [0, 0.1) is 5.82 Å². The second kappa shape index (κ2) is 6.05. The molecule has 27 heavy (non-hydrogen) atoms. The summed E-state index contributed by atoms with van der Waals surface area (Å²) in [5.41, 5.74) is 4.43. The van der Waals surface area contributed by atoms with E-state index in [0.717, 1.165) is 34.3 Å². The second-order valence-electron chi connectivity index (χ2n) is 6.67. The number of nitrogens with zero attached hydrogens (tertiary/aromatic N) is 4. The number of rotatable bonds is 2. The highest BCUT2D eigenvalue weighted by Gasteiger charge is 2.25. The Kier molecular flexibility index (Phi) is 3.53. The molecule has 0 spiro atoms. The fourth-order valence-corrected chi connectivity index (χ4v) is 3.68. The lowest BCUT2D eigenvalue weighted by Crippen LogP contribution is -2.35. The summed E-state index contributed by atoms with van der Waals surface area (Å²) in [7, 11) is 0. The molecule has 1 aliphatic heterocycles. The Morgan fingerprint density at radius 1 is 1.11 bits per heavy atom. The molecule has 0 bridgehead atoms. The Labute approximate surface area is 154 Å². The summed E-state index contributed by atoms with van der Waals surface area (Å²) in [6.45, 7) is 1.09. The van der Waals surface area contributed by atoms with Crippen molar-refractivity contribution in [2.24, 2.45) is 0 Å². The summed E-state index contributed by atoms with van der Waals surface area (Å²) in [4.78, 5) is 18.2. The SMILES string of the molecule is O=C(c1cccc(-n2cnnc2)c1)N1CCc2[nH]c3ccc(F)cc3c2C1. The van der Waals surface area contributed by atoms with E-state index in [9.17, 15) is 9.18 Å². The van der Waals surface area contributed by atoms with E-state index in [1.165, 1.54) is 12.1 Å². The molecule has 0 unspecified atom stereocenters. The second-order valence-corrected chi connectivity index (χ2v) is 6.67. The van der Waals surface area contributed by atoms with Crippen molar-refractivity contribution in [3.05, 3.63) is 77.8 Å². The Morgan fingerprint density at radius 3 is 2.81 bits per heavy atom. The van der Waals surface area contributed by atoms with Crippen LogP contribution in [0.25, 0.3) is 16.6 Å². The average Bonchev–Trinajstić information content (AvgIpc) is 3.35. The molecule has 0 radical (unpaired) electrons. The predicted molar refractivity (Wildman–Crippen MR) is 98.1 cm³/mol. The molecular formula is C20H16FN5O. The number of H-pyrrole nitrogens is 1. The first-order valence-corrected chi connectivity index (χ1v) is 8.72. The Hall–Kier alpha value is -3.48. The van der Waals surface area contributed by atoms with Gasteiger partial charge in [0.05, 0.1) is 0 Å². The van der Waals surface area contributed by atoms with Gasteiger partial charge in [0.2, 0.25) is 0 Å². The molecule has 3 heterocycles. The molecule has 6 nitrogen and oxygen atoms in total. The van der Waals surface area contributed by atoms with Gasteiger partial charge in [-0.1, -0.05) is 6.07 Å². The summed E-state index contributed by atoms with van der Waals surface area (Å²) in [5, 5.41) is 8.45. The number of halogens is 1. The van der Waals surface area contributed by atoms with Crippen molar-refractivity contribution >= 4 is 16.8 Å². The number of nitrogens with one attached hydrogen (secondary N) is 1. The van der Waals surface area contributed by atoms with Crippen molar-refractivity contribution in [1.29, 1.82) is 0 Å². The third-order valence-corrected chi connectivity index (χ3v) is 5.03. The van der Waals surface area contributed by atoms with Crippen LogP contribution in [-0.2, 0) is 13.0 Å². The Balaban J connectivity index is 1.46. The van der Waals surface area contributed by atoms with Crippen molar-refractivity contribution in [2.75, 3.05) is 6.54 Å². The predicted octanol–water partition coefficient (Wildman–Crippen LogP) is 3.09. The molecule has 0 saturated carbocycles. The van der Waals surface area contributed by atoms with E-state index >= 15 is 0 Å². The zero-order chi connectivity index (χ0) is 18.4. The molecular weight excluding hydrogens is 345 g/mol. The highest BCUT2D eigenvalue weighted by molar-refractivity contribution is 5.95. The smallest absolute Gasteiger partial charge is 0.254 e. The van der Waals surface area contributed by atoms with E-state index < -0.39 is 0 Å². The highest BCUT2D eigenvalue weighted by atomic mass is 19.1. The zero-order valence-corrected chi connectivity index (χ0v) is 14.4. The zero-order valence-electron chi connectivity index (χ0n) is 14.4. The van der Waals surface area contributed by atoms with E-state index in [2.05, 4.69) is 15.2 Å². The van der Waals surface area contributed by atoms with Gasteiger partial charge in [-0.3, -0.25) is 9.36 Å². The number of hydrogen-bond acceptors (Lipinski definition) is 3. The van der Waals surface area contributed by atoms with Crippen molar-refractivity contribution in [3.8, 4) is 5.69 Å². The molecule has 2 aromatic heterocycles. The van der Waals surface area contributed by atoms with E-state index in [1.807, 2.05) is 23.1 Å². The lowest BCUT2D eigenvalue weighted by atomic mass is 10.0. The first kappa shape index (κ1) is 15.7. The van der Waals surface area contributed by atoms with Crippen LogP contribution >= 0.6 is 0 Å². The van der Waals surface area contributed by atoms with Crippen LogP contribution in [0.15, 0.2) is 55.1 Å². The van der Waals surface area contributed by atoms with Crippen LogP contribution in [0.2, 0.25) is 0 Å². The number of aromatic nitrogens is 4. The number of benzene rings is 2. The third-order valence-electron chi connectivity index (χ3n) is 5.03. The van der Waals surface area contributed by atoms with Crippen molar-refractivity contribution in [3.63, 3.8) is 0 Å². The fourth-order valence-electron chi connectivity index (χ4n) is 3.68. The highest BCUT2D eigenvalue weighted by Crippen LogP contribution is 2.29. The molecule has 1 N–H and O–H groups in total. The molecule has 4 aromatic rings. The summed E-state index contributed by atoms with van der Waals surface area (Å²) in [5.74, 6) is -0.310.